The molecule has 13 heteroatoms. The monoisotopic (exact) mass is 689 g/mol. The molecule has 0 unspecified atom stereocenters. The van der Waals surface area contributed by atoms with E-state index in [1.54, 1.807) is 66.9 Å². The molecule has 0 aliphatic heterocycles. The highest BCUT2D eigenvalue weighted by atomic mass is 32.2. The van der Waals surface area contributed by atoms with Crippen molar-refractivity contribution in [2.75, 3.05) is 30.0 Å². The van der Waals surface area contributed by atoms with Gasteiger partial charge >= 0.3 is 0 Å². The van der Waals surface area contributed by atoms with Gasteiger partial charge in [0.2, 0.25) is 10.0 Å². The summed E-state index contributed by atoms with van der Waals surface area (Å²) in [4.78, 5) is 8.37. The van der Waals surface area contributed by atoms with E-state index in [4.69, 9.17) is 9.17 Å². The van der Waals surface area contributed by atoms with Crippen LogP contribution in [-0.2, 0) is 39.9 Å². The fourth-order valence-electron chi connectivity index (χ4n) is 5.61. The summed E-state index contributed by atoms with van der Waals surface area (Å²) in [7, 11) is -11.1. The van der Waals surface area contributed by atoms with Crippen LogP contribution in [0.15, 0.2) is 114 Å². The Bertz CT molecular complexity index is 2410. The largest absolute Gasteiger partial charge is 0.339 e. The van der Waals surface area contributed by atoms with Gasteiger partial charge < -0.3 is 4.98 Å². The van der Waals surface area contributed by atoms with Gasteiger partial charge in [0, 0.05) is 33.6 Å². The van der Waals surface area contributed by atoms with Gasteiger partial charge in [-0.2, -0.15) is 8.42 Å². The first-order valence-electron chi connectivity index (χ1n) is 14.5. The van der Waals surface area contributed by atoms with Crippen LogP contribution in [0.2, 0.25) is 0 Å². The molecular formula is C34H31N3O7S3. The van der Waals surface area contributed by atoms with Crippen LogP contribution in [0, 0.1) is 0 Å². The Balaban J connectivity index is 1.46. The summed E-state index contributed by atoms with van der Waals surface area (Å²) >= 11 is 0. The lowest BCUT2D eigenvalue weighted by atomic mass is 9.92. The Morgan fingerprint density at radius 2 is 1.43 bits per heavy atom. The first-order valence-corrected chi connectivity index (χ1v) is 19.8. The summed E-state index contributed by atoms with van der Waals surface area (Å²) in [5.74, 6) is -0.166. The minimum atomic E-state index is -3.75. The molecule has 0 radical (unpaired) electrons. The van der Waals surface area contributed by atoms with Crippen LogP contribution in [0.1, 0.15) is 5.56 Å². The predicted octanol–water partition coefficient (Wildman–Crippen LogP) is 5.77. The van der Waals surface area contributed by atoms with Crippen molar-refractivity contribution in [3.63, 3.8) is 0 Å². The van der Waals surface area contributed by atoms with Crippen molar-refractivity contribution < 1.29 is 29.4 Å². The van der Waals surface area contributed by atoms with Gasteiger partial charge in [-0.25, -0.2) is 21.8 Å². The van der Waals surface area contributed by atoms with Crippen molar-refractivity contribution in [3.8, 4) is 22.3 Å². The molecule has 0 bridgehead atoms. The fourth-order valence-corrected chi connectivity index (χ4v) is 8.26. The Morgan fingerprint density at radius 1 is 0.766 bits per heavy atom. The van der Waals surface area contributed by atoms with Crippen LogP contribution in [0.3, 0.4) is 0 Å². The second-order valence-corrected chi connectivity index (χ2v) is 16.7. The van der Waals surface area contributed by atoms with Crippen LogP contribution in [0.25, 0.3) is 44.2 Å². The molecule has 0 amide bonds. The molecule has 10 nitrogen and oxygen atoms in total. The van der Waals surface area contributed by atoms with E-state index in [9.17, 15) is 25.3 Å². The van der Waals surface area contributed by atoms with Gasteiger partial charge in [-0.15, -0.1) is 0 Å². The molecule has 6 rings (SSSR count). The number of sulfone groups is 1. The average Bonchev–Trinajstić information content (AvgIpc) is 3.40. The molecule has 2 aromatic heterocycles. The van der Waals surface area contributed by atoms with Crippen molar-refractivity contribution in [2.24, 2.45) is 0 Å². The van der Waals surface area contributed by atoms with Crippen molar-refractivity contribution in [1.82, 2.24) is 9.97 Å². The molecule has 47 heavy (non-hydrogen) atoms. The number of benzene rings is 4. The van der Waals surface area contributed by atoms with Crippen molar-refractivity contribution >= 4 is 57.6 Å². The molecule has 6 aromatic rings. The number of aromatic amines is 1. The maximum Gasteiger partial charge on any atom is 0.264 e. The summed E-state index contributed by atoms with van der Waals surface area (Å²) in [5.41, 5.74) is 5.76. The fraction of sp³-hybridized carbons (Fsp3) is 0.147. The summed E-state index contributed by atoms with van der Waals surface area (Å²) in [5, 5.41) is 1.64. The predicted molar refractivity (Wildman–Crippen MR) is 185 cm³/mol. The molecule has 0 aliphatic carbocycles. The number of anilines is 1. The summed E-state index contributed by atoms with van der Waals surface area (Å²) < 4.78 is 80.3. The Kier molecular flexibility index (Phi) is 8.66. The van der Waals surface area contributed by atoms with E-state index in [1.165, 1.54) is 0 Å². The normalized spacial score (nSPS) is 12.5. The summed E-state index contributed by atoms with van der Waals surface area (Å²) in [6, 6.07) is 30.6. The second kappa shape index (κ2) is 12.6. The van der Waals surface area contributed by atoms with Gasteiger partial charge in [-0.3, -0.25) is 8.49 Å². The average molecular weight is 690 g/mol. The van der Waals surface area contributed by atoms with Crippen LogP contribution in [0.5, 0.6) is 0 Å². The Morgan fingerprint density at radius 3 is 2.06 bits per heavy atom. The van der Waals surface area contributed by atoms with Gasteiger partial charge in [0.15, 0.2) is 9.84 Å². The number of hydrogen-bond donors (Lipinski definition) is 1. The van der Waals surface area contributed by atoms with Crippen molar-refractivity contribution in [3.05, 3.63) is 115 Å². The van der Waals surface area contributed by atoms with Gasteiger partial charge in [-0.1, -0.05) is 66.7 Å². The van der Waals surface area contributed by atoms with E-state index in [1.807, 2.05) is 42.5 Å². The van der Waals surface area contributed by atoms with Crippen LogP contribution in [-0.4, -0.2) is 60.9 Å². The highest BCUT2D eigenvalue weighted by Crippen LogP contribution is 2.41. The number of pyridine rings is 1. The number of nitrogens with one attached hydrogen (secondary N) is 1. The first kappa shape index (κ1) is 32.4. The molecule has 0 saturated carbocycles. The number of nitrogens with zero attached hydrogens (tertiary/aromatic N) is 2. The number of sulfonamides is 1. The highest BCUT2D eigenvalue weighted by Gasteiger charge is 2.22. The Labute approximate surface area is 273 Å². The zero-order valence-corrected chi connectivity index (χ0v) is 27.9. The molecule has 242 valence electrons. The zero-order valence-electron chi connectivity index (χ0n) is 25.5. The number of rotatable bonds is 11. The third-order valence-electron chi connectivity index (χ3n) is 7.67. The smallest absolute Gasteiger partial charge is 0.264 e. The van der Waals surface area contributed by atoms with Crippen molar-refractivity contribution in [1.29, 1.82) is 0 Å². The summed E-state index contributed by atoms with van der Waals surface area (Å²) in [6.45, 7) is -0.521. The molecule has 0 aliphatic rings. The molecule has 4 aromatic carbocycles. The van der Waals surface area contributed by atoms with E-state index >= 15 is 0 Å². The van der Waals surface area contributed by atoms with Gasteiger partial charge in [0.1, 0.15) is 5.65 Å². The van der Waals surface area contributed by atoms with Gasteiger partial charge in [0.25, 0.3) is 10.1 Å². The lowest BCUT2D eigenvalue weighted by Crippen LogP contribution is -2.33. The number of H-pyrrole nitrogens is 1. The second-order valence-electron chi connectivity index (χ2n) is 11.1. The van der Waals surface area contributed by atoms with Crippen molar-refractivity contribution in [2.45, 2.75) is 10.6 Å². The lowest BCUT2D eigenvalue weighted by molar-refractivity contribution is 0.331. The van der Waals surface area contributed by atoms with Gasteiger partial charge in [-0.05, 0) is 53.1 Å². The third kappa shape index (κ3) is 7.08. The van der Waals surface area contributed by atoms with E-state index in [2.05, 4.69) is 4.98 Å². The lowest BCUT2D eigenvalue weighted by Gasteiger charge is -2.22. The van der Waals surface area contributed by atoms with E-state index in [-0.39, 0.29) is 23.8 Å². The zero-order chi connectivity index (χ0) is 33.4. The maximum absolute atomic E-state index is 13.2. The standard InChI is InChI=1S/C34H31N3O7S3/c1-45(38,39)37(19-20-44-46(2,40)41)27-16-14-25(15-17-27)30-22-35-34-33(32(30)26-9-5-3-6-10-26)29-21-24(13-18-31(29)36-34)23-47(42,43)28-11-7-4-8-12-28/h3-18,21-22H,19-20,23H2,1-2H3,(H,35,36). The number of aromatic nitrogens is 2. The van der Waals surface area contributed by atoms with Crippen LogP contribution in [0.4, 0.5) is 5.69 Å². The molecule has 0 atom stereocenters. The van der Waals surface area contributed by atoms with Gasteiger partial charge in [0.05, 0.1) is 42.0 Å². The SMILES string of the molecule is CS(=O)(=O)OCCN(c1ccc(-c2cnc3[nH]c4ccc(CS(=O)(=O)c5ccccc5)cc4c3c2-c2ccccc2)cc1)S(C)(=O)=O. The topological polar surface area (TPSA) is 144 Å². The molecule has 1 N–H and O–H groups in total. The molecule has 2 heterocycles. The molecule has 0 fully saturated rings. The molecular weight excluding hydrogens is 659 g/mol. The minimum Gasteiger partial charge on any atom is -0.339 e. The van der Waals surface area contributed by atoms with Crippen LogP contribution >= 0.6 is 0 Å². The quantitative estimate of drug-likeness (QED) is 0.169. The Hall–Kier alpha value is -4.56. The molecule has 0 spiro atoms. The number of fused-ring (bicyclic) bond motifs is 3. The minimum absolute atomic E-state index is 0.166. The highest BCUT2D eigenvalue weighted by molar-refractivity contribution is 7.92. The van der Waals surface area contributed by atoms with Crippen LogP contribution < -0.4 is 4.31 Å². The first-order chi connectivity index (χ1) is 22.3. The third-order valence-corrected chi connectivity index (χ3v) is 11.2. The maximum atomic E-state index is 13.2. The number of hydrogen-bond acceptors (Lipinski definition) is 8. The molecule has 0 saturated heterocycles. The van der Waals surface area contributed by atoms with E-state index < -0.39 is 30.0 Å². The van der Waals surface area contributed by atoms with E-state index in [0.717, 1.165) is 55.4 Å². The van der Waals surface area contributed by atoms with E-state index in [0.29, 0.717) is 16.9 Å². The summed E-state index contributed by atoms with van der Waals surface area (Å²) in [6.07, 6.45) is 3.70.